The molecule has 1 fully saturated rings. The molecule has 1 saturated heterocycles. The van der Waals surface area contributed by atoms with Crippen LogP contribution in [0.4, 0.5) is 0 Å². The first-order chi connectivity index (χ1) is 11.0. The molecule has 0 radical (unpaired) electrons. The SMILES string of the molecule is N[C@H](CO)Cc1ccc(OC2O[C@H](CO)[C@H](O)[C@H](O)[C@H]2O)cc1. The molecule has 8 nitrogen and oxygen atoms in total. The number of benzene rings is 1. The van der Waals surface area contributed by atoms with E-state index >= 15 is 0 Å². The second kappa shape index (κ2) is 8.02. The summed E-state index contributed by atoms with van der Waals surface area (Å²) in [4.78, 5) is 0. The molecule has 0 aliphatic carbocycles. The van der Waals surface area contributed by atoms with Gasteiger partial charge in [0.15, 0.2) is 0 Å². The van der Waals surface area contributed by atoms with Crippen LogP contribution < -0.4 is 10.5 Å². The molecule has 6 atom stereocenters. The fraction of sp³-hybridized carbons (Fsp3) is 0.600. The van der Waals surface area contributed by atoms with Crippen molar-refractivity contribution in [3.05, 3.63) is 29.8 Å². The Morgan fingerprint density at radius 3 is 2.26 bits per heavy atom. The summed E-state index contributed by atoms with van der Waals surface area (Å²) in [6.07, 6.45) is -6.06. The Kier molecular flexibility index (Phi) is 6.31. The first-order valence-corrected chi connectivity index (χ1v) is 7.38. The highest BCUT2D eigenvalue weighted by Crippen LogP contribution is 2.24. The molecule has 0 amide bonds. The van der Waals surface area contributed by atoms with Gasteiger partial charge in [-0.15, -0.1) is 0 Å². The lowest BCUT2D eigenvalue weighted by Gasteiger charge is -2.39. The van der Waals surface area contributed by atoms with Crippen LogP contribution in [0.5, 0.6) is 5.75 Å². The second-order valence-electron chi connectivity index (χ2n) is 5.61. The van der Waals surface area contributed by atoms with Gasteiger partial charge in [-0.3, -0.25) is 0 Å². The minimum atomic E-state index is -1.48. The number of nitrogens with two attached hydrogens (primary N) is 1. The zero-order valence-corrected chi connectivity index (χ0v) is 12.5. The molecule has 0 spiro atoms. The smallest absolute Gasteiger partial charge is 0.229 e. The minimum Gasteiger partial charge on any atom is -0.462 e. The van der Waals surface area contributed by atoms with E-state index in [9.17, 15) is 15.3 Å². The van der Waals surface area contributed by atoms with Crippen LogP contribution in [0.2, 0.25) is 0 Å². The first kappa shape index (κ1) is 18.1. The fourth-order valence-electron chi connectivity index (χ4n) is 2.37. The third-order valence-electron chi connectivity index (χ3n) is 3.76. The number of aliphatic hydroxyl groups is 5. The summed E-state index contributed by atoms with van der Waals surface area (Å²) < 4.78 is 10.7. The topological polar surface area (TPSA) is 146 Å². The molecule has 1 aliphatic rings. The highest BCUT2D eigenvalue weighted by molar-refractivity contribution is 5.28. The molecule has 2 rings (SSSR count). The van der Waals surface area contributed by atoms with E-state index in [2.05, 4.69) is 0 Å². The molecule has 1 aromatic carbocycles. The average molecular weight is 329 g/mol. The Morgan fingerprint density at radius 2 is 1.70 bits per heavy atom. The maximum absolute atomic E-state index is 9.90. The summed E-state index contributed by atoms with van der Waals surface area (Å²) in [7, 11) is 0. The minimum absolute atomic E-state index is 0.108. The van der Waals surface area contributed by atoms with Crippen molar-refractivity contribution in [3.63, 3.8) is 0 Å². The summed E-state index contributed by atoms with van der Waals surface area (Å²) in [6.45, 7) is -0.619. The van der Waals surface area contributed by atoms with Gasteiger partial charge in [-0.1, -0.05) is 12.1 Å². The highest BCUT2D eigenvalue weighted by Gasteiger charge is 2.44. The van der Waals surface area contributed by atoms with Gasteiger partial charge in [0.1, 0.15) is 30.2 Å². The standard InChI is InChI=1S/C15H23NO7/c16-9(6-17)5-8-1-3-10(4-2-8)22-15-14(21)13(20)12(19)11(7-18)23-15/h1-4,9,11-15,17-21H,5-7,16H2/t9-,11+,12-,13-,14+,15?/m0/s1. The van der Waals surface area contributed by atoms with Crippen LogP contribution in [0.15, 0.2) is 24.3 Å². The van der Waals surface area contributed by atoms with Crippen molar-refractivity contribution in [1.29, 1.82) is 0 Å². The van der Waals surface area contributed by atoms with Crippen molar-refractivity contribution in [1.82, 2.24) is 0 Å². The van der Waals surface area contributed by atoms with Crippen molar-refractivity contribution in [2.45, 2.75) is 43.2 Å². The molecule has 1 aliphatic heterocycles. The maximum Gasteiger partial charge on any atom is 0.229 e. The summed E-state index contributed by atoms with van der Waals surface area (Å²) >= 11 is 0. The summed E-state index contributed by atoms with van der Waals surface area (Å²) in [5.74, 6) is 0.385. The molecular formula is C15H23NO7. The molecule has 0 saturated carbocycles. The van der Waals surface area contributed by atoms with E-state index in [4.69, 9.17) is 25.4 Å². The van der Waals surface area contributed by atoms with Crippen LogP contribution in [0.25, 0.3) is 0 Å². The predicted octanol–water partition coefficient (Wildman–Crippen LogP) is -2.27. The van der Waals surface area contributed by atoms with Gasteiger partial charge in [-0.25, -0.2) is 0 Å². The largest absolute Gasteiger partial charge is 0.462 e. The second-order valence-corrected chi connectivity index (χ2v) is 5.61. The molecule has 23 heavy (non-hydrogen) atoms. The third-order valence-corrected chi connectivity index (χ3v) is 3.76. The Hall–Kier alpha value is -1.26. The van der Waals surface area contributed by atoms with E-state index in [0.29, 0.717) is 12.2 Å². The molecule has 1 heterocycles. The molecular weight excluding hydrogens is 306 g/mol. The van der Waals surface area contributed by atoms with Gasteiger partial charge in [-0.05, 0) is 24.1 Å². The number of ether oxygens (including phenoxy) is 2. The van der Waals surface area contributed by atoms with Crippen molar-refractivity contribution in [2.24, 2.45) is 5.73 Å². The van der Waals surface area contributed by atoms with E-state index in [1.165, 1.54) is 0 Å². The van der Waals surface area contributed by atoms with Gasteiger partial charge in [0.25, 0.3) is 0 Å². The van der Waals surface area contributed by atoms with Crippen LogP contribution in [-0.2, 0) is 11.2 Å². The Labute approximate surface area is 133 Å². The van der Waals surface area contributed by atoms with E-state index in [0.717, 1.165) is 5.56 Å². The van der Waals surface area contributed by atoms with Crippen LogP contribution in [-0.4, -0.2) is 75.5 Å². The number of hydrogen-bond donors (Lipinski definition) is 6. The Morgan fingerprint density at radius 1 is 1.04 bits per heavy atom. The van der Waals surface area contributed by atoms with Gasteiger partial charge in [0.05, 0.1) is 13.2 Å². The zero-order valence-electron chi connectivity index (χ0n) is 12.5. The Balaban J connectivity index is 2.00. The number of rotatable bonds is 6. The van der Waals surface area contributed by atoms with E-state index in [1.807, 2.05) is 0 Å². The third kappa shape index (κ3) is 4.39. The van der Waals surface area contributed by atoms with Gasteiger partial charge >= 0.3 is 0 Å². The maximum atomic E-state index is 9.90. The van der Waals surface area contributed by atoms with Gasteiger partial charge in [0.2, 0.25) is 6.29 Å². The van der Waals surface area contributed by atoms with E-state index < -0.39 is 37.3 Å². The molecule has 1 aromatic rings. The molecule has 130 valence electrons. The Bertz CT molecular complexity index is 481. The van der Waals surface area contributed by atoms with Gasteiger partial charge in [-0.2, -0.15) is 0 Å². The van der Waals surface area contributed by atoms with Crippen LogP contribution in [0.1, 0.15) is 5.56 Å². The zero-order chi connectivity index (χ0) is 17.0. The summed E-state index contributed by atoms with van der Waals surface area (Å²) in [6, 6.07) is 6.46. The predicted molar refractivity (Wildman–Crippen MR) is 79.6 cm³/mol. The summed E-state index contributed by atoms with van der Waals surface area (Å²) in [5.41, 5.74) is 6.57. The van der Waals surface area contributed by atoms with Crippen molar-refractivity contribution in [2.75, 3.05) is 13.2 Å². The average Bonchev–Trinajstić information content (AvgIpc) is 2.56. The quantitative estimate of drug-likeness (QED) is 0.342. The lowest BCUT2D eigenvalue weighted by atomic mass is 9.99. The first-order valence-electron chi connectivity index (χ1n) is 7.38. The summed E-state index contributed by atoms with van der Waals surface area (Å²) in [5, 5.41) is 47.4. The number of aliphatic hydroxyl groups excluding tert-OH is 5. The van der Waals surface area contributed by atoms with Crippen LogP contribution >= 0.6 is 0 Å². The lowest BCUT2D eigenvalue weighted by Crippen LogP contribution is -2.60. The molecule has 8 heteroatoms. The molecule has 0 aromatic heterocycles. The monoisotopic (exact) mass is 329 g/mol. The van der Waals surface area contributed by atoms with E-state index in [-0.39, 0.29) is 12.6 Å². The van der Waals surface area contributed by atoms with Gasteiger partial charge < -0.3 is 40.7 Å². The molecule has 7 N–H and O–H groups in total. The molecule has 0 bridgehead atoms. The van der Waals surface area contributed by atoms with Crippen LogP contribution in [0, 0.1) is 0 Å². The molecule has 1 unspecified atom stereocenters. The lowest BCUT2D eigenvalue weighted by molar-refractivity contribution is -0.277. The van der Waals surface area contributed by atoms with Crippen molar-refractivity contribution < 1.29 is 35.0 Å². The van der Waals surface area contributed by atoms with Crippen LogP contribution in [0.3, 0.4) is 0 Å². The number of hydrogen-bond acceptors (Lipinski definition) is 8. The van der Waals surface area contributed by atoms with Crippen molar-refractivity contribution >= 4 is 0 Å². The fourth-order valence-corrected chi connectivity index (χ4v) is 2.37. The van der Waals surface area contributed by atoms with Gasteiger partial charge in [0, 0.05) is 6.04 Å². The normalized spacial score (nSPS) is 32.5. The van der Waals surface area contributed by atoms with Crippen molar-refractivity contribution in [3.8, 4) is 5.75 Å². The highest BCUT2D eigenvalue weighted by atomic mass is 16.7. The van der Waals surface area contributed by atoms with E-state index in [1.54, 1.807) is 24.3 Å².